The first-order valence-electron chi connectivity index (χ1n) is 6.09. The Balaban J connectivity index is 5.31. The standard InChI is InChI=1S/C11H16N2O10/c14-7(15)2-12(3-8(16)17)1-6(11(22)23)13(4-9(18)19)5-10(20)21/h6H,1-5H2,(H,14,15)(H,16,17)(H,18,19)(H,20,21)(H,22,23)/t6-/m0/s1. The first-order valence-corrected chi connectivity index (χ1v) is 6.09. The number of rotatable bonds is 12. The molecule has 0 rings (SSSR count). The molecule has 0 aromatic heterocycles. The molecule has 0 aliphatic carbocycles. The highest BCUT2D eigenvalue weighted by Gasteiger charge is 2.31. The zero-order valence-corrected chi connectivity index (χ0v) is 11.8. The lowest BCUT2D eigenvalue weighted by molar-refractivity contribution is -0.153. The normalized spacial score (nSPS) is 12.1. The van der Waals surface area contributed by atoms with Crippen LogP contribution in [0.5, 0.6) is 0 Å². The van der Waals surface area contributed by atoms with Crippen molar-refractivity contribution in [1.29, 1.82) is 0 Å². The number of carbonyl (C=O) groups is 5. The molecule has 0 aromatic carbocycles. The summed E-state index contributed by atoms with van der Waals surface area (Å²) in [7, 11) is 0. The fourth-order valence-corrected chi connectivity index (χ4v) is 1.79. The summed E-state index contributed by atoms with van der Waals surface area (Å²) in [5.41, 5.74) is 0. The molecule has 5 N–H and O–H groups in total. The number of hydrogen-bond acceptors (Lipinski definition) is 7. The molecule has 0 bridgehead atoms. The van der Waals surface area contributed by atoms with Gasteiger partial charge in [-0.2, -0.15) is 0 Å². The third kappa shape index (κ3) is 9.00. The first-order chi connectivity index (χ1) is 10.5. The van der Waals surface area contributed by atoms with Crippen molar-refractivity contribution < 1.29 is 49.5 Å². The van der Waals surface area contributed by atoms with Crippen molar-refractivity contribution in [2.24, 2.45) is 0 Å². The highest BCUT2D eigenvalue weighted by Crippen LogP contribution is 2.04. The Bertz CT molecular complexity index is 459. The number of nitrogens with zero attached hydrogens (tertiary/aromatic N) is 2. The van der Waals surface area contributed by atoms with E-state index in [4.69, 9.17) is 25.5 Å². The van der Waals surface area contributed by atoms with E-state index in [9.17, 15) is 24.0 Å². The van der Waals surface area contributed by atoms with Gasteiger partial charge in [-0.05, 0) is 0 Å². The summed E-state index contributed by atoms with van der Waals surface area (Å²) in [6.45, 7) is -4.11. The number of carboxylic acid groups (broad SMARTS) is 5. The largest absolute Gasteiger partial charge is 0.480 e. The minimum Gasteiger partial charge on any atom is -0.480 e. The van der Waals surface area contributed by atoms with Crippen LogP contribution >= 0.6 is 0 Å². The molecule has 0 amide bonds. The molecule has 0 saturated heterocycles. The zero-order chi connectivity index (χ0) is 18.2. The average molecular weight is 336 g/mol. The van der Waals surface area contributed by atoms with E-state index in [0.717, 1.165) is 4.90 Å². The Labute approximate surface area is 129 Å². The van der Waals surface area contributed by atoms with E-state index in [0.29, 0.717) is 4.90 Å². The maximum absolute atomic E-state index is 11.3. The fraction of sp³-hybridized carbons (Fsp3) is 0.545. The maximum Gasteiger partial charge on any atom is 0.322 e. The van der Waals surface area contributed by atoms with Gasteiger partial charge in [0, 0.05) is 6.54 Å². The smallest absolute Gasteiger partial charge is 0.322 e. The van der Waals surface area contributed by atoms with Gasteiger partial charge in [-0.15, -0.1) is 0 Å². The van der Waals surface area contributed by atoms with Crippen molar-refractivity contribution in [2.45, 2.75) is 6.04 Å². The molecule has 0 aromatic rings. The summed E-state index contributed by atoms with van der Waals surface area (Å²) < 4.78 is 0. The quantitative estimate of drug-likeness (QED) is 0.249. The van der Waals surface area contributed by atoms with E-state index >= 15 is 0 Å². The van der Waals surface area contributed by atoms with Crippen LogP contribution in [-0.4, -0.2) is 104 Å². The van der Waals surface area contributed by atoms with Gasteiger partial charge in [-0.25, -0.2) is 0 Å². The summed E-state index contributed by atoms with van der Waals surface area (Å²) in [4.78, 5) is 55.4. The highest BCUT2D eigenvalue weighted by atomic mass is 16.4. The van der Waals surface area contributed by atoms with E-state index in [-0.39, 0.29) is 0 Å². The van der Waals surface area contributed by atoms with Crippen LogP contribution < -0.4 is 0 Å². The van der Waals surface area contributed by atoms with E-state index in [1.165, 1.54) is 0 Å². The van der Waals surface area contributed by atoms with Gasteiger partial charge in [0.05, 0.1) is 26.2 Å². The molecule has 0 radical (unpaired) electrons. The maximum atomic E-state index is 11.3. The zero-order valence-electron chi connectivity index (χ0n) is 11.8. The second kappa shape index (κ2) is 9.32. The second-order valence-corrected chi connectivity index (χ2v) is 4.50. The van der Waals surface area contributed by atoms with Crippen LogP contribution in [0.2, 0.25) is 0 Å². The molecular formula is C11H16N2O10. The van der Waals surface area contributed by atoms with E-state index in [1.54, 1.807) is 0 Å². The van der Waals surface area contributed by atoms with Gasteiger partial charge in [0.1, 0.15) is 6.04 Å². The van der Waals surface area contributed by atoms with Gasteiger partial charge in [0.25, 0.3) is 0 Å². The molecule has 12 nitrogen and oxygen atoms in total. The number of hydrogen-bond donors (Lipinski definition) is 5. The molecule has 0 unspecified atom stereocenters. The molecule has 0 heterocycles. The lowest BCUT2D eigenvalue weighted by atomic mass is 10.2. The van der Waals surface area contributed by atoms with Gasteiger partial charge in [-0.3, -0.25) is 33.8 Å². The van der Waals surface area contributed by atoms with Gasteiger partial charge >= 0.3 is 29.8 Å². The van der Waals surface area contributed by atoms with Crippen LogP contribution in [0.4, 0.5) is 0 Å². The minimum atomic E-state index is -1.71. The van der Waals surface area contributed by atoms with E-state index in [2.05, 4.69) is 0 Å². The van der Waals surface area contributed by atoms with Gasteiger partial charge < -0.3 is 25.5 Å². The summed E-state index contributed by atoms with van der Waals surface area (Å²) in [5.74, 6) is -7.41. The Morgan fingerprint density at radius 3 is 1.26 bits per heavy atom. The third-order valence-electron chi connectivity index (χ3n) is 2.55. The van der Waals surface area contributed by atoms with Crippen LogP contribution in [0.1, 0.15) is 0 Å². The predicted octanol–water partition coefficient (Wildman–Crippen LogP) is -2.62. The van der Waals surface area contributed by atoms with Crippen molar-refractivity contribution in [2.75, 3.05) is 32.7 Å². The lowest BCUT2D eigenvalue weighted by Crippen LogP contribution is -2.53. The van der Waals surface area contributed by atoms with Crippen molar-refractivity contribution in [1.82, 2.24) is 9.80 Å². The van der Waals surface area contributed by atoms with Crippen LogP contribution in [0.3, 0.4) is 0 Å². The van der Waals surface area contributed by atoms with Crippen molar-refractivity contribution in [3.8, 4) is 0 Å². The number of carboxylic acids is 5. The van der Waals surface area contributed by atoms with Gasteiger partial charge in [-0.1, -0.05) is 0 Å². The molecule has 130 valence electrons. The van der Waals surface area contributed by atoms with Crippen molar-refractivity contribution in [3.05, 3.63) is 0 Å². The molecule has 0 saturated carbocycles. The molecule has 0 fully saturated rings. The predicted molar refractivity (Wildman–Crippen MR) is 70.0 cm³/mol. The topological polar surface area (TPSA) is 193 Å². The van der Waals surface area contributed by atoms with Gasteiger partial charge in [0.15, 0.2) is 0 Å². The van der Waals surface area contributed by atoms with E-state index < -0.39 is 68.6 Å². The monoisotopic (exact) mass is 336 g/mol. The Morgan fingerprint density at radius 2 is 1.00 bits per heavy atom. The van der Waals surface area contributed by atoms with Gasteiger partial charge in [0.2, 0.25) is 0 Å². The number of aliphatic carboxylic acids is 5. The second-order valence-electron chi connectivity index (χ2n) is 4.50. The first kappa shape index (κ1) is 20.3. The van der Waals surface area contributed by atoms with Crippen molar-refractivity contribution >= 4 is 29.8 Å². The molecule has 1 atom stereocenters. The molecular weight excluding hydrogens is 320 g/mol. The SMILES string of the molecule is O=C(O)CN(CC(=O)O)C[C@@H](C(=O)O)N(CC(=O)O)CC(=O)O. The highest BCUT2D eigenvalue weighted by molar-refractivity contribution is 5.78. The van der Waals surface area contributed by atoms with E-state index in [1.807, 2.05) is 0 Å². The fourth-order valence-electron chi connectivity index (χ4n) is 1.79. The minimum absolute atomic E-state index is 0.587. The van der Waals surface area contributed by atoms with Crippen LogP contribution in [0.15, 0.2) is 0 Å². The Kier molecular flexibility index (Phi) is 8.21. The van der Waals surface area contributed by atoms with Crippen molar-refractivity contribution in [3.63, 3.8) is 0 Å². The average Bonchev–Trinajstić information content (AvgIpc) is 2.31. The Morgan fingerprint density at radius 1 is 0.652 bits per heavy atom. The van der Waals surface area contributed by atoms with Crippen LogP contribution in [-0.2, 0) is 24.0 Å². The molecule has 0 aliphatic heterocycles. The summed E-state index contributed by atoms with van der Waals surface area (Å²) >= 11 is 0. The Hall–Kier alpha value is -2.73. The summed E-state index contributed by atoms with van der Waals surface area (Å²) in [6.07, 6.45) is 0. The summed E-state index contributed by atoms with van der Waals surface area (Å²) in [6, 6.07) is -1.71. The molecule has 0 spiro atoms. The molecule has 0 aliphatic rings. The molecule has 12 heteroatoms. The van der Waals surface area contributed by atoms with Crippen LogP contribution in [0.25, 0.3) is 0 Å². The third-order valence-corrected chi connectivity index (χ3v) is 2.55. The summed E-state index contributed by atoms with van der Waals surface area (Å²) in [5, 5.41) is 44.0. The molecule has 23 heavy (non-hydrogen) atoms. The lowest BCUT2D eigenvalue weighted by Gasteiger charge is -2.29. The van der Waals surface area contributed by atoms with Crippen LogP contribution in [0, 0.1) is 0 Å².